The van der Waals surface area contributed by atoms with Gasteiger partial charge < -0.3 is 19.0 Å². The topological polar surface area (TPSA) is 68.9 Å². The lowest BCUT2D eigenvalue weighted by molar-refractivity contribution is 0.139. The van der Waals surface area contributed by atoms with Gasteiger partial charge in [0.15, 0.2) is 0 Å². The van der Waals surface area contributed by atoms with Crippen LogP contribution < -0.4 is 15.1 Å². The molecule has 1 aliphatic rings. The summed E-state index contributed by atoms with van der Waals surface area (Å²) < 4.78 is 16.3. The van der Waals surface area contributed by atoms with Gasteiger partial charge in [0.05, 0.1) is 12.5 Å². The molecule has 1 unspecified atom stereocenters. The van der Waals surface area contributed by atoms with E-state index in [2.05, 4.69) is 0 Å². The van der Waals surface area contributed by atoms with Crippen molar-refractivity contribution in [1.82, 2.24) is 0 Å². The first-order valence-corrected chi connectivity index (χ1v) is 6.58. The molecule has 21 heavy (non-hydrogen) atoms. The number of fused-ring (bicyclic) bond motifs is 5. The van der Waals surface area contributed by atoms with Gasteiger partial charge in [-0.15, -0.1) is 0 Å². The molecule has 2 heterocycles. The zero-order chi connectivity index (χ0) is 14.6. The Bertz CT molecular complexity index is 925. The molecule has 106 valence electrons. The molecule has 0 bridgehead atoms. The molecule has 1 aliphatic heterocycles. The number of benzene rings is 2. The van der Waals surface area contributed by atoms with Crippen LogP contribution in [0.1, 0.15) is 11.7 Å². The van der Waals surface area contributed by atoms with Crippen LogP contribution in [0.25, 0.3) is 21.7 Å². The zero-order valence-electron chi connectivity index (χ0n) is 11.3. The first kappa shape index (κ1) is 12.2. The fourth-order valence-electron chi connectivity index (χ4n) is 2.84. The predicted molar refractivity (Wildman–Crippen MR) is 77.0 cm³/mol. The van der Waals surface area contributed by atoms with Gasteiger partial charge in [0.2, 0.25) is 0 Å². The van der Waals surface area contributed by atoms with Crippen LogP contribution in [0.15, 0.2) is 39.5 Å². The quantitative estimate of drug-likeness (QED) is 0.549. The second kappa shape index (κ2) is 4.23. The highest BCUT2D eigenvalue weighted by Crippen LogP contribution is 2.41. The molecule has 0 fully saturated rings. The van der Waals surface area contributed by atoms with Crippen molar-refractivity contribution >= 4 is 21.7 Å². The average Bonchev–Trinajstić information content (AvgIpc) is 2.90. The summed E-state index contributed by atoms with van der Waals surface area (Å²) in [5.41, 5.74) is 0.0712. The largest absolute Gasteiger partial charge is 0.496 e. The van der Waals surface area contributed by atoms with Gasteiger partial charge in [-0.25, -0.2) is 4.79 Å². The number of hydrogen-bond donors (Lipinski definition) is 1. The van der Waals surface area contributed by atoms with E-state index < -0.39 is 11.7 Å². The Morgan fingerprint density at radius 1 is 1.24 bits per heavy atom. The molecular formula is C16H12O5. The van der Waals surface area contributed by atoms with Gasteiger partial charge in [-0.05, 0) is 6.07 Å². The molecule has 5 nitrogen and oxygen atoms in total. The van der Waals surface area contributed by atoms with Crippen molar-refractivity contribution in [3.05, 3.63) is 46.3 Å². The molecule has 1 aromatic heterocycles. The maximum atomic E-state index is 12.1. The van der Waals surface area contributed by atoms with Gasteiger partial charge in [0.1, 0.15) is 35.4 Å². The summed E-state index contributed by atoms with van der Waals surface area (Å²) in [6.07, 6.45) is -0.946. The van der Waals surface area contributed by atoms with Gasteiger partial charge in [-0.3, -0.25) is 0 Å². The molecule has 1 N–H and O–H groups in total. The summed E-state index contributed by atoms with van der Waals surface area (Å²) >= 11 is 0. The monoisotopic (exact) mass is 284 g/mol. The minimum Gasteiger partial charge on any atom is -0.496 e. The third kappa shape index (κ3) is 1.58. The average molecular weight is 284 g/mol. The lowest BCUT2D eigenvalue weighted by Crippen LogP contribution is -2.09. The van der Waals surface area contributed by atoms with E-state index in [0.717, 1.165) is 10.8 Å². The Labute approximate surface area is 119 Å². The maximum Gasteiger partial charge on any atom is 0.346 e. The number of hydrogen-bond acceptors (Lipinski definition) is 5. The molecule has 1 atom stereocenters. The molecule has 0 spiro atoms. The van der Waals surface area contributed by atoms with Gasteiger partial charge in [0.25, 0.3) is 0 Å². The fourth-order valence-corrected chi connectivity index (χ4v) is 2.84. The van der Waals surface area contributed by atoms with E-state index in [-0.39, 0.29) is 12.2 Å². The van der Waals surface area contributed by atoms with Crippen LogP contribution >= 0.6 is 0 Å². The molecule has 0 amide bonds. The standard InChI is InChI=1S/C16H12O5/c1-19-12-6-10-14(9-5-3-2-4-8(9)12)21-16(18)13-11(17)7-20-15(10)13/h2-6,11,17H,7H2,1H3. The summed E-state index contributed by atoms with van der Waals surface area (Å²) in [7, 11) is 1.59. The van der Waals surface area contributed by atoms with Gasteiger partial charge in [-0.1, -0.05) is 24.3 Å². The van der Waals surface area contributed by atoms with Crippen molar-refractivity contribution in [3.8, 4) is 11.5 Å². The van der Waals surface area contributed by atoms with E-state index in [4.69, 9.17) is 13.9 Å². The number of aliphatic hydroxyl groups excluding tert-OH is 1. The molecular weight excluding hydrogens is 272 g/mol. The smallest absolute Gasteiger partial charge is 0.346 e. The minimum absolute atomic E-state index is 0.0638. The predicted octanol–water partition coefficient (Wildman–Crippen LogP) is 2.38. The molecule has 2 aromatic carbocycles. The Hall–Kier alpha value is -2.53. The highest BCUT2D eigenvalue weighted by atomic mass is 16.5. The molecule has 0 saturated carbocycles. The number of aliphatic hydroxyl groups is 1. The maximum absolute atomic E-state index is 12.1. The molecule has 0 saturated heterocycles. The Morgan fingerprint density at radius 3 is 2.76 bits per heavy atom. The van der Waals surface area contributed by atoms with Crippen molar-refractivity contribution in [1.29, 1.82) is 0 Å². The Balaban J connectivity index is 2.25. The van der Waals surface area contributed by atoms with Crippen LogP contribution in [0.5, 0.6) is 11.5 Å². The second-order valence-electron chi connectivity index (χ2n) is 4.96. The molecule has 3 aromatic rings. The van der Waals surface area contributed by atoms with Crippen LogP contribution in [0.4, 0.5) is 0 Å². The zero-order valence-corrected chi connectivity index (χ0v) is 11.3. The lowest BCUT2D eigenvalue weighted by atomic mass is 10.0. The summed E-state index contributed by atoms with van der Waals surface area (Å²) in [6.45, 7) is 0.0638. The number of ether oxygens (including phenoxy) is 2. The van der Waals surface area contributed by atoms with E-state index in [1.54, 1.807) is 13.2 Å². The number of methoxy groups -OCH3 is 1. The van der Waals surface area contributed by atoms with Gasteiger partial charge in [0, 0.05) is 10.8 Å². The first-order chi connectivity index (χ1) is 10.2. The van der Waals surface area contributed by atoms with Gasteiger partial charge >= 0.3 is 5.63 Å². The van der Waals surface area contributed by atoms with E-state index >= 15 is 0 Å². The van der Waals surface area contributed by atoms with E-state index in [1.165, 1.54) is 0 Å². The second-order valence-corrected chi connectivity index (χ2v) is 4.96. The summed E-state index contributed by atoms with van der Waals surface area (Å²) in [4.78, 5) is 12.1. The number of rotatable bonds is 1. The van der Waals surface area contributed by atoms with E-state index in [0.29, 0.717) is 22.5 Å². The van der Waals surface area contributed by atoms with Crippen LogP contribution in [0, 0.1) is 0 Å². The Morgan fingerprint density at radius 2 is 2.00 bits per heavy atom. The molecule has 5 heteroatoms. The van der Waals surface area contributed by atoms with Crippen molar-refractivity contribution < 1.29 is 19.0 Å². The Kier molecular flexibility index (Phi) is 2.46. The van der Waals surface area contributed by atoms with E-state index in [1.807, 2.05) is 24.3 Å². The first-order valence-electron chi connectivity index (χ1n) is 6.58. The molecule has 4 rings (SSSR count). The van der Waals surface area contributed by atoms with Crippen molar-refractivity contribution in [2.75, 3.05) is 13.7 Å². The van der Waals surface area contributed by atoms with Crippen LogP contribution in [0.3, 0.4) is 0 Å². The normalized spacial score (nSPS) is 17.0. The molecule has 0 radical (unpaired) electrons. The fraction of sp³-hybridized carbons (Fsp3) is 0.188. The van der Waals surface area contributed by atoms with Gasteiger partial charge in [-0.2, -0.15) is 0 Å². The van der Waals surface area contributed by atoms with Crippen LogP contribution in [-0.2, 0) is 0 Å². The SMILES string of the molecule is COc1cc2c3c(c(=O)oc2c2ccccc12)C(O)CO3. The summed E-state index contributed by atoms with van der Waals surface area (Å²) in [5.74, 6) is 1.05. The highest BCUT2D eigenvalue weighted by Gasteiger charge is 2.30. The summed E-state index contributed by atoms with van der Waals surface area (Å²) in [5, 5.41) is 12.1. The molecule has 0 aliphatic carbocycles. The third-order valence-electron chi connectivity index (χ3n) is 3.80. The minimum atomic E-state index is -0.946. The lowest BCUT2D eigenvalue weighted by Gasteiger charge is -2.10. The summed E-state index contributed by atoms with van der Waals surface area (Å²) in [6, 6.07) is 9.29. The van der Waals surface area contributed by atoms with Crippen molar-refractivity contribution in [3.63, 3.8) is 0 Å². The highest BCUT2D eigenvalue weighted by molar-refractivity contribution is 6.09. The van der Waals surface area contributed by atoms with Crippen molar-refractivity contribution in [2.24, 2.45) is 0 Å². The van der Waals surface area contributed by atoms with E-state index in [9.17, 15) is 9.90 Å². The van der Waals surface area contributed by atoms with Crippen LogP contribution in [-0.4, -0.2) is 18.8 Å². The third-order valence-corrected chi connectivity index (χ3v) is 3.80. The van der Waals surface area contributed by atoms with Crippen molar-refractivity contribution in [2.45, 2.75) is 6.10 Å². The van der Waals surface area contributed by atoms with Crippen LogP contribution in [0.2, 0.25) is 0 Å².